The van der Waals surface area contributed by atoms with Crippen molar-refractivity contribution in [1.82, 2.24) is 0 Å². The minimum Gasteiger partial charge on any atom is -0.504 e. The summed E-state index contributed by atoms with van der Waals surface area (Å²) < 4.78 is 10.1. The van der Waals surface area contributed by atoms with Crippen molar-refractivity contribution < 1.29 is 19.7 Å². The topological polar surface area (TPSA) is 58.9 Å². The molecular weight excluding hydrogens is 576 g/mol. The number of phenolic OH excluding ortho intramolecular Hbond substituents is 2. The van der Waals surface area contributed by atoms with Crippen LogP contribution in [-0.4, -0.2) is 13.4 Å². The summed E-state index contributed by atoms with van der Waals surface area (Å²) in [6, 6.07) is 8.52. The van der Waals surface area contributed by atoms with Gasteiger partial charge >= 0.3 is 0 Å². The lowest BCUT2D eigenvalue weighted by Crippen LogP contribution is -2.32. The summed E-state index contributed by atoms with van der Waals surface area (Å²) in [6.45, 7) is 1.96. The Morgan fingerprint density at radius 2 is 1.54 bits per heavy atom. The average molecular weight is 588 g/mol. The number of aromatic hydroxyl groups is 2. The summed E-state index contributed by atoms with van der Waals surface area (Å²) in [5.74, 6) is 1.08. The van der Waals surface area contributed by atoms with Gasteiger partial charge in [-0.1, -0.05) is 82.8 Å². The van der Waals surface area contributed by atoms with E-state index in [2.05, 4.69) is 63.7 Å². The lowest BCUT2D eigenvalue weighted by atomic mass is 10.0. The molecule has 0 saturated carbocycles. The highest BCUT2D eigenvalue weighted by atomic mass is 79.9. The van der Waals surface area contributed by atoms with Crippen LogP contribution in [0.25, 0.3) is 0 Å². The Morgan fingerprint density at radius 1 is 0.958 bits per heavy atom. The fraction of sp³-hybridized carbons (Fsp3) is 0.250. The van der Waals surface area contributed by atoms with Crippen LogP contribution in [0.1, 0.15) is 18.9 Å². The van der Waals surface area contributed by atoms with Gasteiger partial charge in [-0.3, -0.25) is 0 Å². The lowest BCUT2D eigenvalue weighted by molar-refractivity contribution is 0.339. The first kappa shape index (κ1) is 18.4. The van der Waals surface area contributed by atoms with Gasteiger partial charge in [-0.05, 0) is 18.6 Å². The molecule has 24 heavy (non-hydrogen) atoms. The highest BCUT2D eigenvalue weighted by Crippen LogP contribution is 2.65. The second-order valence-electron chi connectivity index (χ2n) is 5.23. The standard InChI is InChI=1S/C16H12Br4O4/c1-2-15(17,18)16(19,20)12-13(22)8(21)7-11-14(12)24-10-6-4-3-5-9(10)23-11/h3-7,21-22H,2H2,1H3. The molecule has 128 valence electrons. The number of alkyl halides is 4. The molecule has 0 aromatic heterocycles. The van der Waals surface area contributed by atoms with E-state index in [4.69, 9.17) is 9.47 Å². The first-order valence-corrected chi connectivity index (χ1v) is 10.2. The van der Waals surface area contributed by atoms with Gasteiger partial charge in [0.05, 0.1) is 5.56 Å². The second kappa shape index (κ2) is 6.37. The summed E-state index contributed by atoms with van der Waals surface area (Å²) in [7, 11) is 0. The molecule has 0 radical (unpaired) electrons. The highest BCUT2D eigenvalue weighted by Gasteiger charge is 2.50. The zero-order valence-corrected chi connectivity index (χ0v) is 18.7. The van der Waals surface area contributed by atoms with Gasteiger partial charge in [0.2, 0.25) is 0 Å². The van der Waals surface area contributed by atoms with Gasteiger partial charge < -0.3 is 19.7 Å². The van der Waals surface area contributed by atoms with Crippen molar-refractivity contribution in [2.24, 2.45) is 0 Å². The van der Waals surface area contributed by atoms with Gasteiger partial charge in [0.1, 0.15) is 6.47 Å². The predicted octanol–water partition coefficient (Wildman–Crippen LogP) is 6.83. The van der Waals surface area contributed by atoms with Crippen molar-refractivity contribution >= 4 is 63.7 Å². The minimum atomic E-state index is -0.996. The van der Waals surface area contributed by atoms with E-state index in [9.17, 15) is 10.2 Å². The number of halogens is 4. The van der Waals surface area contributed by atoms with E-state index in [1.165, 1.54) is 6.07 Å². The number of hydrogen-bond acceptors (Lipinski definition) is 4. The largest absolute Gasteiger partial charge is 0.504 e. The molecule has 0 unspecified atom stereocenters. The van der Waals surface area contributed by atoms with Crippen LogP contribution in [0.4, 0.5) is 0 Å². The van der Waals surface area contributed by atoms with Crippen molar-refractivity contribution in [3.05, 3.63) is 35.9 Å². The molecule has 0 bridgehead atoms. The minimum absolute atomic E-state index is 0.304. The van der Waals surface area contributed by atoms with Crippen LogP contribution < -0.4 is 9.47 Å². The summed E-state index contributed by atoms with van der Waals surface area (Å²) >= 11 is 14.4. The Bertz CT molecular complexity index is 805. The second-order valence-corrected chi connectivity index (χ2v) is 12.4. The van der Waals surface area contributed by atoms with Crippen molar-refractivity contribution in [2.45, 2.75) is 19.8 Å². The molecule has 3 rings (SSSR count). The van der Waals surface area contributed by atoms with E-state index >= 15 is 0 Å². The smallest absolute Gasteiger partial charge is 0.179 e. The molecule has 0 fully saturated rings. The van der Waals surface area contributed by atoms with E-state index in [0.717, 1.165) is 0 Å². The molecule has 0 spiro atoms. The molecule has 2 N–H and O–H groups in total. The third-order valence-corrected chi connectivity index (χ3v) is 10.3. The maximum absolute atomic E-state index is 10.5. The molecule has 0 aliphatic carbocycles. The van der Waals surface area contributed by atoms with Gasteiger partial charge in [0, 0.05) is 6.07 Å². The van der Waals surface area contributed by atoms with E-state index < -0.39 is 6.47 Å². The van der Waals surface area contributed by atoms with E-state index in [1.807, 2.05) is 19.1 Å². The normalized spacial score (nSPS) is 13.5. The van der Waals surface area contributed by atoms with Crippen molar-refractivity contribution in [3.8, 4) is 34.5 Å². The molecule has 1 aliphatic rings. The maximum atomic E-state index is 10.5. The van der Waals surface area contributed by atoms with Crippen LogP contribution in [0.2, 0.25) is 0 Å². The SMILES string of the molecule is CCC(Br)(Br)C(Br)(Br)c1c(O)c(O)cc2c1Oc1ccccc1O2. The number of rotatable bonds is 3. The van der Waals surface area contributed by atoms with Gasteiger partial charge in [0.25, 0.3) is 0 Å². The van der Waals surface area contributed by atoms with Crippen LogP contribution in [0.3, 0.4) is 0 Å². The summed E-state index contributed by atoms with van der Waals surface area (Å²) in [6.07, 6.45) is 0.644. The van der Waals surface area contributed by atoms with Crippen LogP contribution in [-0.2, 0) is 3.23 Å². The molecular formula is C16H12Br4O4. The average Bonchev–Trinajstić information content (AvgIpc) is 2.54. The van der Waals surface area contributed by atoms with E-state index in [0.29, 0.717) is 35.0 Å². The van der Waals surface area contributed by atoms with E-state index in [1.54, 1.807) is 12.1 Å². The van der Waals surface area contributed by atoms with Crippen molar-refractivity contribution in [1.29, 1.82) is 0 Å². The van der Waals surface area contributed by atoms with Gasteiger partial charge in [-0.15, -0.1) is 0 Å². The Balaban J connectivity index is 2.24. The lowest BCUT2D eigenvalue weighted by Gasteiger charge is -2.36. The molecule has 2 aromatic rings. The van der Waals surface area contributed by atoms with Gasteiger partial charge in [0.15, 0.2) is 34.5 Å². The molecule has 0 amide bonds. The predicted molar refractivity (Wildman–Crippen MR) is 107 cm³/mol. The Kier molecular flexibility index (Phi) is 4.87. The number of para-hydroxylation sites is 2. The van der Waals surface area contributed by atoms with Crippen molar-refractivity contribution in [3.63, 3.8) is 0 Å². The molecule has 8 heteroatoms. The maximum Gasteiger partial charge on any atom is 0.179 e. The quantitative estimate of drug-likeness (QED) is 0.260. The van der Waals surface area contributed by atoms with Gasteiger partial charge in [-0.25, -0.2) is 0 Å². The third-order valence-electron chi connectivity index (χ3n) is 3.70. The summed E-state index contributed by atoms with van der Waals surface area (Å²) in [5, 5.41) is 20.7. The fourth-order valence-corrected chi connectivity index (χ4v) is 4.03. The Labute approximate surface area is 172 Å². The first-order valence-electron chi connectivity index (χ1n) is 6.98. The number of phenols is 2. The Morgan fingerprint density at radius 3 is 2.12 bits per heavy atom. The molecule has 1 heterocycles. The first-order chi connectivity index (χ1) is 11.2. The number of ether oxygens (including phenoxy) is 2. The third kappa shape index (κ3) is 2.85. The molecule has 0 atom stereocenters. The molecule has 0 saturated heterocycles. The van der Waals surface area contributed by atoms with Crippen LogP contribution in [0.15, 0.2) is 30.3 Å². The van der Waals surface area contributed by atoms with Crippen LogP contribution in [0, 0.1) is 0 Å². The zero-order valence-electron chi connectivity index (χ0n) is 12.3. The summed E-state index contributed by atoms with van der Waals surface area (Å²) in [5.41, 5.74) is 0.308. The number of benzene rings is 2. The van der Waals surface area contributed by atoms with Crippen LogP contribution >= 0.6 is 63.7 Å². The fourth-order valence-electron chi connectivity index (χ4n) is 2.34. The zero-order chi connectivity index (χ0) is 17.7. The van der Waals surface area contributed by atoms with E-state index in [-0.39, 0.29) is 11.5 Å². The molecule has 2 aromatic carbocycles. The number of fused-ring (bicyclic) bond motifs is 2. The Hall–Kier alpha value is -0.440. The van der Waals surface area contributed by atoms with Gasteiger partial charge in [-0.2, -0.15) is 0 Å². The molecule has 4 nitrogen and oxygen atoms in total. The van der Waals surface area contributed by atoms with Crippen LogP contribution in [0.5, 0.6) is 34.5 Å². The van der Waals surface area contributed by atoms with Crippen molar-refractivity contribution in [2.75, 3.05) is 0 Å². The highest BCUT2D eigenvalue weighted by molar-refractivity contribution is 9.30. The number of hydrogen-bond donors (Lipinski definition) is 2. The molecule has 1 aliphatic heterocycles. The summed E-state index contributed by atoms with van der Waals surface area (Å²) in [4.78, 5) is 0. The monoisotopic (exact) mass is 584 g/mol.